The summed E-state index contributed by atoms with van der Waals surface area (Å²) in [6, 6.07) is 18.7. The third kappa shape index (κ3) is 4.11. The van der Waals surface area contributed by atoms with Crippen LogP contribution < -0.4 is 10.6 Å². The molecule has 0 bridgehead atoms. The van der Waals surface area contributed by atoms with Crippen molar-refractivity contribution in [2.24, 2.45) is 0 Å². The van der Waals surface area contributed by atoms with Crippen LogP contribution >= 0.6 is 23.8 Å². The lowest BCUT2D eigenvalue weighted by Crippen LogP contribution is -2.34. The first-order chi connectivity index (χ1) is 14.0. The van der Waals surface area contributed by atoms with Crippen LogP contribution in [0.25, 0.3) is 22.4 Å². The fourth-order valence-corrected chi connectivity index (χ4v) is 3.19. The lowest BCUT2D eigenvalue weighted by Gasteiger charge is -2.12. The van der Waals surface area contributed by atoms with Crippen molar-refractivity contribution in [1.29, 1.82) is 0 Å². The number of benzene rings is 3. The number of nitrogens with one attached hydrogen (secondary N) is 3. The van der Waals surface area contributed by atoms with Crippen molar-refractivity contribution in [1.82, 2.24) is 15.3 Å². The number of hydrogen-bond acceptors (Lipinski definition) is 3. The molecule has 4 rings (SSSR count). The van der Waals surface area contributed by atoms with Crippen molar-refractivity contribution < 1.29 is 9.18 Å². The second-order valence-corrected chi connectivity index (χ2v) is 7.00. The maximum absolute atomic E-state index is 13.8. The van der Waals surface area contributed by atoms with Crippen molar-refractivity contribution in [2.75, 3.05) is 5.32 Å². The van der Waals surface area contributed by atoms with Gasteiger partial charge < -0.3 is 10.3 Å². The molecule has 1 aromatic heterocycles. The highest BCUT2D eigenvalue weighted by molar-refractivity contribution is 7.80. The number of hydrogen-bond donors (Lipinski definition) is 3. The maximum atomic E-state index is 13.8. The van der Waals surface area contributed by atoms with Gasteiger partial charge in [0.2, 0.25) is 0 Å². The number of rotatable bonds is 3. The molecule has 4 aromatic rings. The van der Waals surface area contributed by atoms with E-state index in [4.69, 9.17) is 23.8 Å². The Morgan fingerprint density at radius 3 is 2.62 bits per heavy atom. The summed E-state index contributed by atoms with van der Waals surface area (Å²) in [5.74, 6) is -0.602. The van der Waals surface area contributed by atoms with Gasteiger partial charge in [0.1, 0.15) is 11.6 Å². The minimum atomic E-state index is -0.648. The highest BCUT2D eigenvalue weighted by atomic mass is 35.5. The molecule has 0 aliphatic carbocycles. The summed E-state index contributed by atoms with van der Waals surface area (Å²) in [5, 5.41) is 5.74. The second-order valence-electron chi connectivity index (χ2n) is 6.19. The van der Waals surface area contributed by atoms with Crippen LogP contribution in [0.5, 0.6) is 0 Å². The number of carbonyl (C=O) groups is 1. The van der Waals surface area contributed by atoms with Gasteiger partial charge in [-0.2, -0.15) is 0 Å². The SMILES string of the molecule is O=C(NC(=S)Nc1cc(-c2nc3ccccc3[nH]2)ccc1Cl)c1ccccc1F. The Morgan fingerprint density at radius 2 is 1.83 bits per heavy atom. The van der Waals surface area contributed by atoms with Gasteiger partial charge in [0.05, 0.1) is 27.3 Å². The molecule has 0 aliphatic heterocycles. The molecular weight excluding hydrogens is 411 g/mol. The van der Waals surface area contributed by atoms with Gasteiger partial charge in [0.15, 0.2) is 5.11 Å². The lowest BCUT2D eigenvalue weighted by molar-refractivity contribution is 0.0974. The van der Waals surface area contributed by atoms with Gasteiger partial charge in [-0.3, -0.25) is 10.1 Å². The van der Waals surface area contributed by atoms with E-state index in [1.807, 2.05) is 30.3 Å². The standard InChI is InChI=1S/C21H14ClFN4OS/c22-14-10-9-12(19-24-16-7-3-4-8-17(16)25-19)11-18(14)26-21(29)27-20(28)13-5-1-2-6-15(13)23/h1-11H,(H,24,25)(H2,26,27,28,29). The molecule has 0 saturated heterocycles. The quantitative estimate of drug-likeness (QED) is 0.398. The van der Waals surface area contributed by atoms with Crippen LogP contribution in [0.1, 0.15) is 10.4 Å². The molecular formula is C21H14ClFN4OS. The van der Waals surface area contributed by atoms with Gasteiger partial charge in [0, 0.05) is 5.56 Å². The van der Waals surface area contributed by atoms with E-state index in [-0.39, 0.29) is 10.7 Å². The Balaban J connectivity index is 1.54. The highest BCUT2D eigenvalue weighted by Gasteiger charge is 2.14. The van der Waals surface area contributed by atoms with Gasteiger partial charge >= 0.3 is 0 Å². The molecule has 0 atom stereocenters. The number of anilines is 1. The van der Waals surface area contributed by atoms with Crippen molar-refractivity contribution in [3.8, 4) is 11.4 Å². The predicted molar refractivity (Wildman–Crippen MR) is 117 cm³/mol. The smallest absolute Gasteiger partial charge is 0.260 e. The summed E-state index contributed by atoms with van der Waals surface area (Å²) in [6.45, 7) is 0. The minimum Gasteiger partial charge on any atom is -0.338 e. The molecule has 1 amide bonds. The van der Waals surface area contributed by atoms with E-state index in [0.717, 1.165) is 16.6 Å². The molecule has 0 aliphatic rings. The van der Waals surface area contributed by atoms with Crippen LogP contribution in [0.2, 0.25) is 5.02 Å². The van der Waals surface area contributed by atoms with Crippen molar-refractivity contribution in [3.05, 3.63) is 83.1 Å². The largest absolute Gasteiger partial charge is 0.338 e. The van der Waals surface area contributed by atoms with Crippen LogP contribution in [0.15, 0.2) is 66.7 Å². The van der Waals surface area contributed by atoms with Crippen molar-refractivity contribution in [3.63, 3.8) is 0 Å². The zero-order chi connectivity index (χ0) is 20.4. The Labute approximate surface area is 175 Å². The topological polar surface area (TPSA) is 69.8 Å². The molecule has 144 valence electrons. The van der Waals surface area contributed by atoms with E-state index >= 15 is 0 Å². The number of nitrogens with zero attached hydrogens (tertiary/aromatic N) is 1. The summed E-state index contributed by atoms with van der Waals surface area (Å²) in [6.07, 6.45) is 0. The number of para-hydroxylation sites is 2. The van der Waals surface area contributed by atoms with Gasteiger partial charge in [-0.25, -0.2) is 9.37 Å². The molecule has 0 spiro atoms. The Hall–Kier alpha value is -3.29. The Kier molecular flexibility index (Phi) is 5.24. The van der Waals surface area contributed by atoms with E-state index in [1.54, 1.807) is 18.2 Å². The molecule has 3 N–H and O–H groups in total. The Morgan fingerprint density at radius 1 is 1.07 bits per heavy atom. The zero-order valence-corrected chi connectivity index (χ0v) is 16.4. The van der Waals surface area contributed by atoms with E-state index in [1.165, 1.54) is 18.2 Å². The summed E-state index contributed by atoms with van der Waals surface area (Å²) in [5.41, 5.74) is 2.94. The summed E-state index contributed by atoms with van der Waals surface area (Å²) in [7, 11) is 0. The molecule has 0 fully saturated rings. The van der Waals surface area contributed by atoms with Gasteiger partial charge in [-0.15, -0.1) is 0 Å². The van der Waals surface area contributed by atoms with E-state index in [2.05, 4.69) is 20.6 Å². The van der Waals surface area contributed by atoms with Crippen LogP contribution in [0.4, 0.5) is 10.1 Å². The molecule has 8 heteroatoms. The monoisotopic (exact) mass is 424 g/mol. The molecule has 3 aromatic carbocycles. The number of imidazole rings is 1. The van der Waals surface area contributed by atoms with Crippen molar-refractivity contribution in [2.45, 2.75) is 0 Å². The summed E-state index contributed by atoms with van der Waals surface area (Å²) >= 11 is 11.4. The fourth-order valence-electron chi connectivity index (χ4n) is 2.83. The Bertz CT molecular complexity index is 1210. The van der Waals surface area contributed by atoms with E-state index in [9.17, 15) is 9.18 Å². The molecule has 0 saturated carbocycles. The van der Waals surface area contributed by atoms with Gasteiger partial charge in [-0.1, -0.05) is 35.9 Å². The molecule has 0 radical (unpaired) electrons. The molecule has 29 heavy (non-hydrogen) atoms. The third-order valence-electron chi connectivity index (χ3n) is 4.22. The first-order valence-corrected chi connectivity index (χ1v) is 9.41. The zero-order valence-electron chi connectivity index (χ0n) is 14.9. The minimum absolute atomic E-state index is 0.00177. The van der Waals surface area contributed by atoms with E-state index in [0.29, 0.717) is 16.5 Å². The number of thiocarbonyl (C=S) groups is 1. The second kappa shape index (κ2) is 7.98. The lowest BCUT2D eigenvalue weighted by atomic mass is 10.2. The number of aromatic nitrogens is 2. The number of fused-ring (bicyclic) bond motifs is 1. The average Bonchev–Trinajstić information content (AvgIpc) is 3.14. The molecule has 0 unspecified atom stereocenters. The first kappa shape index (κ1) is 19.0. The van der Waals surface area contributed by atoms with Crippen LogP contribution in [0, 0.1) is 5.82 Å². The average molecular weight is 425 g/mol. The number of H-pyrrole nitrogens is 1. The first-order valence-electron chi connectivity index (χ1n) is 8.63. The molecule has 1 heterocycles. The van der Waals surface area contributed by atoms with E-state index < -0.39 is 11.7 Å². The van der Waals surface area contributed by atoms with Crippen LogP contribution in [-0.4, -0.2) is 21.0 Å². The highest BCUT2D eigenvalue weighted by Crippen LogP contribution is 2.28. The van der Waals surface area contributed by atoms with Crippen LogP contribution in [0.3, 0.4) is 0 Å². The number of carbonyl (C=O) groups excluding carboxylic acids is 1. The normalized spacial score (nSPS) is 10.7. The summed E-state index contributed by atoms with van der Waals surface area (Å²) < 4.78 is 13.8. The van der Waals surface area contributed by atoms with Crippen molar-refractivity contribution >= 4 is 51.6 Å². The maximum Gasteiger partial charge on any atom is 0.260 e. The number of aromatic amines is 1. The predicted octanol–water partition coefficient (Wildman–Crippen LogP) is 5.15. The number of halogens is 2. The number of amides is 1. The van der Waals surface area contributed by atoms with Gasteiger partial charge in [-0.05, 0) is 54.7 Å². The van der Waals surface area contributed by atoms with Crippen LogP contribution in [-0.2, 0) is 0 Å². The van der Waals surface area contributed by atoms with Gasteiger partial charge in [0.25, 0.3) is 5.91 Å². The summed E-state index contributed by atoms with van der Waals surface area (Å²) in [4.78, 5) is 20.0. The third-order valence-corrected chi connectivity index (χ3v) is 4.76. The fraction of sp³-hybridized carbons (Fsp3) is 0. The molecule has 5 nitrogen and oxygen atoms in total.